The van der Waals surface area contributed by atoms with Crippen LogP contribution in [0.4, 0.5) is 8.78 Å². The first-order valence-electron chi connectivity index (χ1n) is 4.82. The molecule has 0 unspecified atom stereocenters. The smallest absolute Gasteiger partial charge is 0.251 e. The Balaban J connectivity index is 4.06. The van der Waals surface area contributed by atoms with Crippen LogP contribution in [0.3, 0.4) is 0 Å². The molecule has 0 aliphatic heterocycles. The second-order valence-electron chi connectivity index (χ2n) is 3.22. The van der Waals surface area contributed by atoms with Crippen molar-refractivity contribution >= 4 is 9.84 Å². The molecule has 92 valence electrons. The fraction of sp³-hybridized carbons (Fsp3) is 1.00. The summed E-state index contributed by atoms with van der Waals surface area (Å²) < 4.78 is 46.5. The number of halogens is 2. The average molecular weight is 244 g/mol. The van der Waals surface area contributed by atoms with E-state index in [-0.39, 0.29) is 24.6 Å². The van der Waals surface area contributed by atoms with Gasteiger partial charge in [0.2, 0.25) is 0 Å². The van der Waals surface area contributed by atoms with E-state index in [1.165, 1.54) is 11.8 Å². The summed E-state index contributed by atoms with van der Waals surface area (Å²) in [5.74, 6) is -0.0473. The van der Waals surface area contributed by atoms with E-state index < -0.39 is 22.8 Å². The number of nitrogens with zero attached hydrogens (tertiary/aromatic N) is 1. The second kappa shape index (κ2) is 7.08. The van der Waals surface area contributed by atoms with E-state index in [0.29, 0.717) is 6.54 Å². The molecule has 0 amide bonds. The largest absolute Gasteiger partial charge is 0.329 e. The molecule has 0 radical (unpaired) electrons. The fourth-order valence-electron chi connectivity index (χ4n) is 1.08. The second-order valence-corrected chi connectivity index (χ2v) is 5.69. The Hall–Kier alpha value is -0.270. The van der Waals surface area contributed by atoms with Gasteiger partial charge in [-0.3, -0.25) is 4.90 Å². The third-order valence-electron chi connectivity index (χ3n) is 2.00. The molecule has 0 aliphatic carbocycles. The van der Waals surface area contributed by atoms with Crippen molar-refractivity contribution in [3.8, 4) is 0 Å². The number of hydrogen-bond acceptors (Lipinski definition) is 4. The summed E-state index contributed by atoms with van der Waals surface area (Å²) in [7, 11) is -3.10. The Kier molecular flexibility index (Phi) is 6.95. The SMILES string of the molecule is CCS(=O)(=O)CCN(CCN)CC(F)F. The van der Waals surface area contributed by atoms with Crippen LogP contribution in [0.15, 0.2) is 0 Å². The lowest BCUT2D eigenvalue weighted by atomic mass is 10.4. The predicted octanol–water partition coefficient (Wildman–Crippen LogP) is -0.0531. The van der Waals surface area contributed by atoms with Gasteiger partial charge < -0.3 is 5.73 Å². The molecule has 0 heterocycles. The first-order valence-corrected chi connectivity index (χ1v) is 6.64. The highest BCUT2D eigenvalue weighted by Crippen LogP contribution is 1.99. The van der Waals surface area contributed by atoms with Crippen LogP contribution in [0.2, 0.25) is 0 Å². The van der Waals surface area contributed by atoms with Crippen molar-refractivity contribution in [2.45, 2.75) is 13.3 Å². The van der Waals surface area contributed by atoms with Crippen LogP contribution >= 0.6 is 0 Å². The summed E-state index contributed by atoms with van der Waals surface area (Å²) in [6.07, 6.45) is -2.46. The zero-order valence-electron chi connectivity index (χ0n) is 8.83. The van der Waals surface area contributed by atoms with Crippen molar-refractivity contribution in [3.05, 3.63) is 0 Å². The van der Waals surface area contributed by atoms with E-state index in [9.17, 15) is 17.2 Å². The van der Waals surface area contributed by atoms with Crippen LogP contribution < -0.4 is 5.73 Å². The van der Waals surface area contributed by atoms with Gasteiger partial charge >= 0.3 is 0 Å². The van der Waals surface area contributed by atoms with E-state index in [1.807, 2.05) is 0 Å². The van der Waals surface area contributed by atoms with Gasteiger partial charge in [-0.1, -0.05) is 6.92 Å². The third kappa shape index (κ3) is 7.64. The minimum Gasteiger partial charge on any atom is -0.329 e. The van der Waals surface area contributed by atoms with E-state index >= 15 is 0 Å². The minimum absolute atomic E-state index is 0.0398. The molecule has 4 nitrogen and oxygen atoms in total. The van der Waals surface area contributed by atoms with Crippen molar-refractivity contribution in [1.29, 1.82) is 0 Å². The number of alkyl halides is 2. The molecule has 0 atom stereocenters. The molecule has 0 aromatic heterocycles. The Morgan fingerprint density at radius 1 is 1.33 bits per heavy atom. The Morgan fingerprint density at radius 2 is 1.93 bits per heavy atom. The van der Waals surface area contributed by atoms with Crippen LogP contribution in [0, 0.1) is 0 Å². The van der Waals surface area contributed by atoms with Gasteiger partial charge in [-0.25, -0.2) is 17.2 Å². The maximum Gasteiger partial charge on any atom is 0.251 e. The summed E-state index contributed by atoms with van der Waals surface area (Å²) in [6, 6.07) is 0. The summed E-state index contributed by atoms with van der Waals surface area (Å²) in [6.45, 7) is 1.78. The average Bonchev–Trinajstić information content (AvgIpc) is 2.14. The maximum absolute atomic E-state index is 12.1. The van der Waals surface area contributed by atoms with Gasteiger partial charge in [0.1, 0.15) is 0 Å². The van der Waals surface area contributed by atoms with E-state index in [1.54, 1.807) is 0 Å². The molecular weight excluding hydrogens is 226 g/mol. The fourth-order valence-corrected chi connectivity index (χ4v) is 1.91. The lowest BCUT2D eigenvalue weighted by Crippen LogP contribution is -2.37. The molecule has 7 heteroatoms. The minimum atomic E-state index is -3.10. The Labute approximate surface area is 89.4 Å². The van der Waals surface area contributed by atoms with Crippen LogP contribution in [0.1, 0.15) is 6.92 Å². The molecule has 0 aliphatic rings. The Bertz CT molecular complexity index is 257. The van der Waals surface area contributed by atoms with Crippen molar-refractivity contribution in [3.63, 3.8) is 0 Å². The quantitative estimate of drug-likeness (QED) is 0.650. The zero-order chi connectivity index (χ0) is 11.9. The lowest BCUT2D eigenvalue weighted by molar-refractivity contribution is 0.0926. The molecule has 15 heavy (non-hydrogen) atoms. The monoisotopic (exact) mass is 244 g/mol. The summed E-state index contributed by atoms with van der Waals surface area (Å²) in [5, 5.41) is 0. The van der Waals surface area contributed by atoms with Gasteiger partial charge in [0.15, 0.2) is 9.84 Å². The van der Waals surface area contributed by atoms with Gasteiger partial charge in [0.05, 0.1) is 12.3 Å². The molecular formula is C8H18F2N2O2S. The third-order valence-corrected chi connectivity index (χ3v) is 3.68. The topological polar surface area (TPSA) is 63.4 Å². The van der Waals surface area contributed by atoms with Crippen molar-refractivity contribution in [2.75, 3.05) is 37.7 Å². The van der Waals surface area contributed by atoms with Gasteiger partial charge in [-0.05, 0) is 0 Å². The number of hydrogen-bond donors (Lipinski definition) is 1. The van der Waals surface area contributed by atoms with Crippen LogP contribution in [0.25, 0.3) is 0 Å². The number of rotatable bonds is 8. The standard InChI is InChI=1S/C8H18F2N2O2S/c1-2-15(13,14)6-5-12(4-3-11)7-8(9)10/h8H,2-7,11H2,1H3. The Morgan fingerprint density at radius 3 is 2.33 bits per heavy atom. The van der Waals surface area contributed by atoms with Gasteiger partial charge in [-0.2, -0.15) is 0 Å². The van der Waals surface area contributed by atoms with Crippen LogP contribution in [-0.2, 0) is 9.84 Å². The molecule has 0 fully saturated rings. The molecule has 0 bridgehead atoms. The van der Waals surface area contributed by atoms with Crippen molar-refractivity contribution in [1.82, 2.24) is 4.90 Å². The maximum atomic E-state index is 12.1. The molecule has 0 rings (SSSR count). The summed E-state index contributed by atoms with van der Waals surface area (Å²) >= 11 is 0. The molecule has 0 saturated heterocycles. The normalized spacial score (nSPS) is 12.7. The zero-order valence-corrected chi connectivity index (χ0v) is 9.64. The van der Waals surface area contributed by atoms with Crippen LogP contribution in [0.5, 0.6) is 0 Å². The summed E-state index contributed by atoms with van der Waals surface area (Å²) in [5.41, 5.74) is 5.24. The van der Waals surface area contributed by atoms with E-state index in [2.05, 4.69) is 0 Å². The van der Waals surface area contributed by atoms with Crippen LogP contribution in [-0.4, -0.2) is 57.4 Å². The van der Waals surface area contributed by atoms with Crippen molar-refractivity contribution < 1.29 is 17.2 Å². The van der Waals surface area contributed by atoms with E-state index in [0.717, 1.165) is 0 Å². The summed E-state index contributed by atoms with van der Waals surface area (Å²) in [4.78, 5) is 1.37. The number of sulfone groups is 1. The lowest BCUT2D eigenvalue weighted by Gasteiger charge is -2.20. The predicted molar refractivity (Wildman–Crippen MR) is 55.8 cm³/mol. The van der Waals surface area contributed by atoms with Gasteiger partial charge in [-0.15, -0.1) is 0 Å². The highest BCUT2D eigenvalue weighted by molar-refractivity contribution is 7.91. The molecule has 0 saturated carbocycles. The molecule has 0 aromatic carbocycles. The first-order chi connectivity index (χ1) is 6.91. The molecule has 0 spiro atoms. The first kappa shape index (κ1) is 14.7. The van der Waals surface area contributed by atoms with Gasteiger partial charge in [0.25, 0.3) is 6.43 Å². The van der Waals surface area contributed by atoms with Crippen molar-refractivity contribution in [2.24, 2.45) is 5.73 Å². The van der Waals surface area contributed by atoms with E-state index in [4.69, 9.17) is 5.73 Å². The number of nitrogens with two attached hydrogens (primary N) is 1. The highest BCUT2D eigenvalue weighted by atomic mass is 32.2. The highest BCUT2D eigenvalue weighted by Gasteiger charge is 2.14. The van der Waals surface area contributed by atoms with Gasteiger partial charge in [0, 0.05) is 25.4 Å². The molecule has 0 aromatic rings. The molecule has 2 N–H and O–H groups in total.